The van der Waals surface area contributed by atoms with Crippen molar-refractivity contribution in [3.63, 3.8) is 0 Å². The molecule has 0 fully saturated rings. The molecule has 120 valence electrons. The van der Waals surface area contributed by atoms with Gasteiger partial charge in [-0.1, -0.05) is 23.9 Å². The fourth-order valence-electron chi connectivity index (χ4n) is 2.88. The molecule has 0 aliphatic carbocycles. The van der Waals surface area contributed by atoms with Gasteiger partial charge >= 0.3 is 0 Å². The summed E-state index contributed by atoms with van der Waals surface area (Å²) in [5.41, 5.74) is 5.68. The lowest BCUT2D eigenvalue weighted by Gasteiger charge is -2.20. The van der Waals surface area contributed by atoms with Crippen molar-refractivity contribution in [2.24, 2.45) is 16.0 Å². The van der Waals surface area contributed by atoms with Crippen LogP contribution in [-0.2, 0) is 4.79 Å². The third-order valence-corrected chi connectivity index (χ3v) is 5.02. The van der Waals surface area contributed by atoms with Gasteiger partial charge < -0.3 is 5.43 Å². The van der Waals surface area contributed by atoms with Gasteiger partial charge in [-0.2, -0.15) is 5.10 Å². The van der Waals surface area contributed by atoms with Crippen molar-refractivity contribution in [3.05, 3.63) is 65.7 Å². The van der Waals surface area contributed by atoms with Crippen molar-refractivity contribution in [1.82, 2.24) is 10.4 Å². The van der Waals surface area contributed by atoms with Gasteiger partial charge in [0.25, 0.3) is 5.91 Å². The van der Waals surface area contributed by atoms with Crippen LogP contribution < -0.4 is 5.43 Å². The Balaban J connectivity index is 1.75. The highest BCUT2D eigenvalue weighted by Crippen LogP contribution is 2.36. The molecule has 0 saturated heterocycles. The number of aliphatic imine (C=N–C) groups is 1. The molecule has 3 heterocycles. The fraction of sp³-hybridized carbons (Fsp3) is 0.176. The normalized spacial score (nSPS) is 23.0. The maximum atomic E-state index is 13.2. The van der Waals surface area contributed by atoms with Crippen LogP contribution in [0.1, 0.15) is 17.2 Å². The SMILES string of the molecule is O=C1CSC(C2C(c3cccnc3)=NNC2c2ccc(F)cc2)=N1. The molecule has 0 spiro atoms. The van der Waals surface area contributed by atoms with Crippen LogP contribution in [0.2, 0.25) is 0 Å². The largest absolute Gasteiger partial charge is 0.301 e. The maximum Gasteiger partial charge on any atom is 0.256 e. The summed E-state index contributed by atoms with van der Waals surface area (Å²) < 4.78 is 13.2. The molecule has 2 aliphatic heterocycles. The second-order valence-corrected chi connectivity index (χ2v) is 6.50. The van der Waals surface area contributed by atoms with Crippen LogP contribution in [-0.4, -0.2) is 27.4 Å². The molecule has 2 unspecified atom stereocenters. The first-order chi connectivity index (χ1) is 11.7. The Hall–Kier alpha value is -2.54. The highest BCUT2D eigenvalue weighted by Gasteiger charge is 2.39. The average Bonchev–Trinajstić information content (AvgIpc) is 3.22. The summed E-state index contributed by atoms with van der Waals surface area (Å²) in [7, 11) is 0. The van der Waals surface area contributed by atoms with Gasteiger partial charge in [0.05, 0.1) is 28.5 Å². The highest BCUT2D eigenvalue weighted by molar-refractivity contribution is 8.15. The number of nitrogens with one attached hydrogen (secondary N) is 1. The van der Waals surface area contributed by atoms with Crippen molar-refractivity contribution in [2.75, 3.05) is 5.75 Å². The molecule has 0 saturated carbocycles. The van der Waals surface area contributed by atoms with Crippen molar-refractivity contribution in [2.45, 2.75) is 6.04 Å². The summed E-state index contributed by atoms with van der Waals surface area (Å²) in [5.74, 6) is -0.270. The zero-order chi connectivity index (χ0) is 16.5. The van der Waals surface area contributed by atoms with Gasteiger partial charge in [0.2, 0.25) is 0 Å². The zero-order valence-corrected chi connectivity index (χ0v) is 13.3. The van der Waals surface area contributed by atoms with E-state index < -0.39 is 0 Å². The monoisotopic (exact) mass is 340 g/mol. The number of pyridine rings is 1. The lowest BCUT2D eigenvalue weighted by molar-refractivity contribution is -0.115. The molecule has 1 N–H and O–H groups in total. The topological polar surface area (TPSA) is 66.7 Å². The number of carbonyl (C=O) groups is 1. The minimum atomic E-state index is -0.288. The van der Waals surface area contributed by atoms with E-state index >= 15 is 0 Å². The van der Waals surface area contributed by atoms with Crippen molar-refractivity contribution >= 4 is 28.4 Å². The standard InChI is InChI=1S/C17H13FN4OS/c18-12-5-3-10(4-6-12)15-14(17-20-13(23)9-24-17)16(22-21-15)11-2-1-7-19-8-11/h1-8,14-15,21H,9H2. The van der Waals surface area contributed by atoms with Crippen LogP contribution in [0.5, 0.6) is 0 Å². The van der Waals surface area contributed by atoms with Gasteiger partial charge in [0.1, 0.15) is 5.82 Å². The number of nitrogens with zero attached hydrogens (tertiary/aromatic N) is 3. The van der Waals surface area contributed by atoms with Crippen LogP contribution in [0.3, 0.4) is 0 Å². The molecule has 24 heavy (non-hydrogen) atoms. The molecule has 0 bridgehead atoms. The Bertz CT molecular complexity index is 835. The number of halogens is 1. The van der Waals surface area contributed by atoms with E-state index in [-0.39, 0.29) is 23.7 Å². The van der Waals surface area contributed by atoms with E-state index in [0.717, 1.165) is 21.9 Å². The lowest BCUT2D eigenvalue weighted by Crippen LogP contribution is -2.27. The van der Waals surface area contributed by atoms with E-state index in [9.17, 15) is 9.18 Å². The van der Waals surface area contributed by atoms with Crippen molar-refractivity contribution in [1.29, 1.82) is 0 Å². The quantitative estimate of drug-likeness (QED) is 0.932. The molecule has 7 heteroatoms. The van der Waals surface area contributed by atoms with E-state index in [1.807, 2.05) is 12.1 Å². The number of hydrogen-bond acceptors (Lipinski definition) is 5. The fourth-order valence-corrected chi connectivity index (χ4v) is 3.81. The van der Waals surface area contributed by atoms with Gasteiger partial charge in [-0.25, -0.2) is 9.38 Å². The molecule has 1 aromatic heterocycles. The van der Waals surface area contributed by atoms with E-state index in [0.29, 0.717) is 5.75 Å². The average molecular weight is 340 g/mol. The van der Waals surface area contributed by atoms with Crippen LogP contribution >= 0.6 is 11.8 Å². The molecule has 4 rings (SSSR count). The third-order valence-electron chi connectivity index (χ3n) is 3.98. The number of hydrogen-bond donors (Lipinski definition) is 1. The summed E-state index contributed by atoms with van der Waals surface area (Å²) in [6, 6.07) is 9.87. The molecule has 5 nitrogen and oxygen atoms in total. The van der Waals surface area contributed by atoms with E-state index in [1.165, 1.54) is 23.9 Å². The zero-order valence-electron chi connectivity index (χ0n) is 12.5. The second kappa shape index (κ2) is 6.16. The van der Waals surface area contributed by atoms with E-state index in [1.54, 1.807) is 24.5 Å². The number of rotatable bonds is 3. The second-order valence-electron chi connectivity index (χ2n) is 5.51. The maximum absolute atomic E-state index is 13.2. The highest BCUT2D eigenvalue weighted by atomic mass is 32.2. The predicted octanol–water partition coefficient (Wildman–Crippen LogP) is 2.56. The Labute approximate surface area is 142 Å². The molecular weight excluding hydrogens is 327 g/mol. The van der Waals surface area contributed by atoms with Gasteiger partial charge in [0.15, 0.2) is 0 Å². The summed E-state index contributed by atoms with van der Waals surface area (Å²) >= 11 is 1.43. The van der Waals surface area contributed by atoms with Gasteiger partial charge in [-0.3, -0.25) is 9.78 Å². The van der Waals surface area contributed by atoms with Crippen molar-refractivity contribution < 1.29 is 9.18 Å². The Morgan fingerprint density at radius 3 is 2.71 bits per heavy atom. The van der Waals surface area contributed by atoms with E-state index in [2.05, 4.69) is 20.5 Å². The Kier molecular flexibility index (Phi) is 3.86. The van der Waals surface area contributed by atoms with Crippen LogP contribution in [0.15, 0.2) is 58.9 Å². The smallest absolute Gasteiger partial charge is 0.256 e. The van der Waals surface area contributed by atoms with Crippen molar-refractivity contribution in [3.8, 4) is 0 Å². The minimum Gasteiger partial charge on any atom is -0.301 e. The molecule has 2 aliphatic rings. The van der Waals surface area contributed by atoms with Crippen LogP contribution in [0, 0.1) is 11.7 Å². The van der Waals surface area contributed by atoms with Crippen LogP contribution in [0.25, 0.3) is 0 Å². The number of hydrazone groups is 1. The van der Waals surface area contributed by atoms with Gasteiger partial charge in [0, 0.05) is 18.0 Å². The van der Waals surface area contributed by atoms with Crippen LogP contribution in [0.4, 0.5) is 4.39 Å². The number of benzene rings is 1. The minimum absolute atomic E-state index is 0.134. The molecule has 1 amide bonds. The number of aromatic nitrogens is 1. The molecular formula is C17H13FN4OS. The lowest BCUT2D eigenvalue weighted by atomic mass is 9.88. The Morgan fingerprint density at radius 1 is 1.21 bits per heavy atom. The Morgan fingerprint density at radius 2 is 2.04 bits per heavy atom. The third kappa shape index (κ3) is 2.71. The summed E-state index contributed by atoms with van der Waals surface area (Å²) in [5, 5.41) is 5.20. The first-order valence-corrected chi connectivity index (χ1v) is 8.44. The predicted molar refractivity (Wildman–Crippen MR) is 91.4 cm³/mol. The first kappa shape index (κ1) is 15.0. The molecule has 1 aromatic carbocycles. The molecule has 2 atom stereocenters. The first-order valence-electron chi connectivity index (χ1n) is 7.45. The van der Waals surface area contributed by atoms with E-state index in [4.69, 9.17) is 0 Å². The summed E-state index contributed by atoms with van der Waals surface area (Å²) in [6.45, 7) is 0. The number of thioether (sulfide) groups is 1. The number of amides is 1. The molecule has 0 radical (unpaired) electrons. The summed E-state index contributed by atoms with van der Waals surface area (Å²) in [4.78, 5) is 19.9. The summed E-state index contributed by atoms with van der Waals surface area (Å²) in [6.07, 6.45) is 3.44. The van der Waals surface area contributed by atoms with Gasteiger partial charge in [-0.05, 0) is 29.8 Å². The molecule has 2 aromatic rings. The number of carbonyl (C=O) groups excluding carboxylic acids is 1. The van der Waals surface area contributed by atoms with Gasteiger partial charge in [-0.15, -0.1) is 0 Å².